The lowest BCUT2D eigenvalue weighted by atomic mass is 10.0. The molecule has 1 nitrogen and oxygen atoms in total. The third-order valence-corrected chi connectivity index (χ3v) is 2.19. The van der Waals surface area contributed by atoms with E-state index >= 15 is 0 Å². The summed E-state index contributed by atoms with van der Waals surface area (Å²) >= 11 is 0. The Morgan fingerprint density at radius 2 is 1.69 bits per heavy atom. The molecule has 64 valence electrons. The van der Waals surface area contributed by atoms with Crippen molar-refractivity contribution in [1.82, 2.24) is 0 Å². The molecule has 0 saturated carbocycles. The minimum atomic E-state index is 0.115. The number of benzene rings is 1. The lowest BCUT2D eigenvalue weighted by molar-refractivity contribution is -0.109. The van der Waals surface area contributed by atoms with Crippen LogP contribution in [0.5, 0.6) is 0 Å². The van der Waals surface area contributed by atoms with Gasteiger partial charge in [-0.25, -0.2) is 0 Å². The fraction of sp³-hybridized carbons (Fsp3) is 0.0833. The number of rotatable bonds is 1. The number of hydrogen-bond acceptors (Lipinski definition) is 1. The van der Waals surface area contributed by atoms with Gasteiger partial charge >= 0.3 is 0 Å². The number of carbonyl (C=O) groups excluding carboxylic acids is 1. The first kappa shape index (κ1) is 7.99. The molecule has 13 heavy (non-hydrogen) atoms. The summed E-state index contributed by atoms with van der Waals surface area (Å²) in [5.41, 5.74) is 2.90. The maximum atomic E-state index is 11.4. The smallest absolute Gasteiger partial charge is 0.186 e. The lowest BCUT2D eigenvalue weighted by Gasteiger charge is -2.01. The summed E-state index contributed by atoms with van der Waals surface area (Å²) in [5, 5.41) is 0. The van der Waals surface area contributed by atoms with E-state index < -0.39 is 0 Å². The van der Waals surface area contributed by atoms with Crippen LogP contribution in [0, 0.1) is 0 Å². The van der Waals surface area contributed by atoms with Gasteiger partial charge in [0.15, 0.2) is 5.78 Å². The van der Waals surface area contributed by atoms with E-state index in [4.69, 9.17) is 0 Å². The normalized spacial score (nSPS) is 15.6. The molecule has 2 rings (SSSR count). The Hall–Kier alpha value is -1.63. The van der Waals surface area contributed by atoms with Gasteiger partial charge in [0.25, 0.3) is 0 Å². The fourth-order valence-corrected chi connectivity index (χ4v) is 1.54. The van der Waals surface area contributed by atoms with Gasteiger partial charge in [-0.1, -0.05) is 36.4 Å². The van der Waals surface area contributed by atoms with Crippen molar-refractivity contribution in [2.24, 2.45) is 0 Å². The quantitative estimate of drug-likeness (QED) is 0.633. The number of allylic oxidation sites excluding steroid dienone is 4. The number of carbonyl (C=O) groups is 1. The Morgan fingerprint density at radius 1 is 1.00 bits per heavy atom. The van der Waals surface area contributed by atoms with Gasteiger partial charge in [-0.15, -0.1) is 0 Å². The zero-order valence-corrected chi connectivity index (χ0v) is 7.45. The second kappa shape index (κ2) is 3.02. The molecule has 0 unspecified atom stereocenters. The molecule has 1 aliphatic rings. The summed E-state index contributed by atoms with van der Waals surface area (Å²) in [4.78, 5) is 11.4. The molecule has 0 spiro atoms. The topological polar surface area (TPSA) is 17.1 Å². The van der Waals surface area contributed by atoms with Crippen LogP contribution in [0.25, 0.3) is 5.57 Å². The molecular weight excluding hydrogens is 160 g/mol. The highest BCUT2D eigenvalue weighted by Gasteiger charge is 2.15. The maximum absolute atomic E-state index is 11.4. The monoisotopic (exact) mass is 170 g/mol. The molecule has 0 saturated heterocycles. The van der Waals surface area contributed by atoms with E-state index in [2.05, 4.69) is 0 Å². The van der Waals surface area contributed by atoms with Crippen molar-refractivity contribution in [3.8, 4) is 0 Å². The van der Waals surface area contributed by atoms with E-state index in [0.717, 1.165) is 16.7 Å². The summed E-state index contributed by atoms with van der Waals surface area (Å²) in [7, 11) is 0. The van der Waals surface area contributed by atoms with Crippen LogP contribution >= 0.6 is 0 Å². The van der Waals surface area contributed by atoms with Crippen molar-refractivity contribution in [2.75, 3.05) is 0 Å². The largest absolute Gasteiger partial charge is 0.289 e. The van der Waals surface area contributed by atoms with E-state index in [1.807, 2.05) is 43.3 Å². The predicted octanol–water partition coefficient (Wildman–Crippen LogP) is 2.60. The van der Waals surface area contributed by atoms with Gasteiger partial charge in [0.2, 0.25) is 0 Å². The van der Waals surface area contributed by atoms with Gasteiger partial charge in [-0.05, 0) is 24.1 Å². The number of hydrogen-bond donors (Lipinski definition) is 0. The first-order valence-corrected chi connectivity index (χ1v) is 4.28. The molecule has 1 aromatic carbocycles. The highest BCUT2D eigenvalue weighted by atomic mass is 16.1. The van der Waals surface area contributed by atoms with E-state index in [1.54, 1.807) is 6.08 Å². The van der Waals surface area contributed by atoms with Gasteiger partial charge in [0.05, 0.1) is 0 Å². The average molecular weight is 170 g/mol. The second-order valence-electron chi connectivity index (χ2n) is 3.12. The second-order valence-corrected chi connectivity index (χ2v) is 3.12. The lowest BCUT2D eigenvalue weighted by Crippen LogP contribution is -1.94. The molecule has 0 N–H and O–H groups in total. The van der Waals surface area contributed by atoms with E-state index in [-0.39, 0.29) is 5.78 Å². The first-order chi connectivity index (χ1) is 6.29. The van der Waals surface area contributed by atoms with E-state index in [0.29, 0.717) is 0 Å². The molecule has 0 aromatic heterocycles. The standard InChI is InChI=1S/C12H10O/c1-9-7-8-11(13)12(9)10-5-3-2-4-6-10/h2-8H,1H3. The molecule has 1 heteroatoms. The summed E-state index contributed by atoms with van der Waals surface area (Å²) in [6.45, 7) is 1.96. The average Bonchev–Trinajstić information content (AvgIpc) is 2.48. The van der Waals surface area contributed by atoms with Crippen molar-refractivity contribution in [3.63, 3.8) is 0 Å². The maximum Gasteiger partial charge on any atom is 0.186 e. The van der Waals surface area contributed by atoms with Gasteiger partial charge in [-0.3, -0.25) is 4.79 Å². The molecule has 0 radical (unpaired) electrons. The Kier molecular flexibility index (Phi) is 1.85. The Balaban J connectivity index is 2.50. The van der Waals surface area contributed by atoms with E-state index in [9.17, 15) is 4.79 Å². The van der Waals surface area contributed by atoms with Crippen LogP contribution in [0.2, 0.25) is 0 Å². The zero-order chi connectivity index (χ0) is 9.26. The zero-order valence-electron chi connectivity index (χ0n) is 7.45. The molecule has 0 heterocycles. The highest BCUT2D eigenvalue weighted by molar-refractivity contribution is 6.29. The van der Waals surface area contributed by atoms with Crippen molar-refractivity contribution >= 4 is 11.4 Å². The summed E-state index contributed by atoms with van der Waals surface area (Å²) in [6.07, 6.45) is 3.49. The van der Waals surface area contributed by atoms with Crippen molar-refractivity contribution in [2.45, 2.75) is 6.92 Å². The van der Waals surface area contributed by atoms with E-state index in [1.165, 1.54) is 0 Å². The van der Waals surface area contributed by atoms with Gasteiger partial charge in [-0.2, -0.15) is 0 Å². The molecule has 1 aromatic rings. The van der Waals surface area contributed by atoms with Crippen molar-refractivity contribution < 1.29 is 4.79 Å². The van der Waals surface area contributed by atoms with Crippen LogP contribution in [0.3, 0.4) is 0 Å². The highest BCUT2D eigenvalue weighted by Crippen LogP contribution is 2.25. The van der Waals surface area contributed by atoms with Crippen LogP contribution in [-0.4, -0.2) is 5.78 Å². The Labute approximate surface area is 77.4 Å². The van der Waals surface area contributed by atoms with Gasteiger partial charge in [0, 0.05) is 5.57 Å². The third-order valence-electron chi connectivity index (χ3n) is 2.19. The Bertz CT molecular complexity index is 396. The number of ketones is 1. The van der Waals surface area contributed by atoms with Crippen LogP contribution in [0.15, 0.2) is 48.1 Å². The summed E-state index contributed by atoms with van der Waals surface area (Å²) in [6, 6.07) is 9.77. The molecule has 1 aliphatic carbocycles. The molecule has 0 aliphatic heterocycles. The fourth-order valence-electron chi connectivity index (χ4n) is 1.54. The van der Waals surface area contributed by atoms with Gasteiger partial charge in [0.1, 0.15) is 0 Å². The van der Waals surface area contributed by atoms with Crippen LogP contribution in [-0.2, 0) is 4.79 Å². The Morgan fingerprint density at radius 3 is 2.23 bits per heavy atom. The molecule has 0 bridgehead atoms. The summed E-state index contributed by atoms with van der Waals surface area (Å²) < 4.78 is 0. The van der Waals surface area contributed by atoms with Crippen LogP contribution in [0.4, 0.5) is 0 Å². The molecule has 0 fully saturated rings. The SMILES string of the molecule is CC1=C(c2ccccc2)C(=O)C=C1. The molecular formula is C12H10O. The minimum absolute atomic E-state index is 0.115. The van der Waals surface area contributed by atoms with Gasteiger partial charge < -0.3 is 0 Å². The minimum Gasteiger partial charge on any atom is -0.289 e. The molecule has 0 amide bonds. The van der Waals surface area contributed by atoms with Crippen molar-refractivity contribution in [1.29, 1.82) is 0 Å². The summed E-state index contributed by atoms with van der Waals surface area (Å²) in [5.74, 6) is 0.115. The first-order valence-electron chi connectivity index (χ1n) is 4.28. The third kappa shape index (κ3) is 1.33. The molecule has 0 atom stereocenters. The van der Waals surface area contributed by atoms with Crippen LogP contribution in [0.1, 0.15) is 12.5 Å². The van der Waals surface area contributed by atoms with Crippen LogP contribution < -0.4 is 0 Å². The predicted molar refractivity (Wildman–Crippen MR) is 53.2 cm³/mol. The van der Waals surface area contributed by atoms with Crippen molar-refractivity contribution in [3.05, 3.63) is 53.6 Å².